The highest BCUT2D eigenvalue weighted by Crippen LogP contribution is 2.37. The molecule has 72 valence electrons. The minimum atomic E-state index is 0.188. The van der Waals surface area contributed by atoms with E-state index in [1.807, 2.05) is 17.9 Å². The van der Waals surface area contributed by atoms with Crippen LogP contribution in [0.25, 0.3) is 0 Å². The van der Waals surface area contributed by atoms with E-state index in [4.69, 9.17) is 5.73 Å². The first-order valence-corrected chi connectivity index (χ1v) is 5.69. The summed E-state index contributed by atoms with van der Waals surface area (Å²) >= 11 is 2.30. The number of aryl methyl sites for hydroxylation is 1. The molecule has 13 heavy (non-hydrogen) atoms. The van der Waals surface area contributed by atoms with Gasteiger partial charge in [-0.15, -0.1) is 0 Å². The van der Waals surface area contributed by atoms with E-state index in [0.29, 0.717) is 0 Å². The van der Waals surface area contributed by atoms with Gasteiger partial charge in [0.25, 0.3) is 0 Å². The second kappa shape index (κ2) is 3.57. The monoisotopic (exact) mass is 291 g/mol. The lowest BCUT2D eigenvalue weighted by molar-refractivity contribution is 0.593. The normalized spacial score (nSPS) is 19.0. The third kappa shape index (κ3) is 2.04. The van der Waals surface area contributed by atoms with Gasteiger partial charge in [0, 0.05) is 18.7 Å². The Labute approximate surface area is 91.8 Å². The fourth-order valence-electron chi connectivity index (χ4n) is 1.53. The topological polar surface area (TPSA) is 43.8 Å². The van der Waals surface area contributed by atoms with Crippen molar-refractivity contribution in [3.05, 3.63) is 15.5 Å². The Morgan fingerprint density at radius 2 is 2.46 bits per heavy atom. The van der Waals surface area contributed by atoms with E-state index < -0.39 is 0 Å². The second-order valence-corrected chi connectivity index (χ2v) is 4.82. The van der Waals surface area contributed by atoms with Gasteiger partial charge in [0.1, 0.15) is 3.70 Å². The predicted molar refractivity (Wildman–Crippen MR) is 60.2 cm³/mol. The van der Waals surface area contributed by atoms with Crippen LogP contribution in [0.2, 0.25) is 0 Å². The van der Waals surface area contributed by atoms with Crippen LogP contribution in [-0.2, 0) is 7.05 Å². The van der Waals surface area contributed by atoms with Crippen LogP contribution in [0.1, 0.15) is 30.9 Å². The van der Waals surface area contributed by atoms with Crippen LogP contribution in [0.15, 0.2) is 6.20 Å². The van der Waals surface area contributed by atoms with Crippen LogP contribution in [0.3, 0.4) is 0 Å². The van der Waals surface area contributed by atoms with E-state index in [-0.39, 0.29) is 6.04 Å². The molecule has 0 spiro atoms. The number of halogens is 1. The van der Waals surface area contributed by atoms with Gasteiger partial charge in [0.05, 0.1) is 6.20 Å². The molecule has 1 aromatic heterocycles. The maximum Gasteiger partial charge on any atom is 0.103 e. The highest BCUT2D eigenvalue weighted by Gasteiger charge is 2.26. The molecule has 0 aromatic carbocycles. The largest absolute Gasteiger partial charge is 0.324 e. The molecule has 1 aromatic rings. The molecule has 3 nitrogen and oxygen atoms in total. The Kier molecular flexibility index (Phi) is 2.60. The summed E-state index contributed by atoms with van der Waals surface area (Å²) in [4.78, 5) is 0. The third-order valence-electron chi connectivity index (χ3n) is 2.58. The van der Waals surface area contributed by atoms with Crippen molar-refractivity contribution in [2.24, 2.45) is 18.7 Å². The van der Waals surface area contributed by atoms with E-state index in [1.165, 1.54) is 22.1 Å². The second-order valence-electron chi connectivity index (χ2n) is 3.80. The molecule has 1 saturated carbocycles. The van der Waals surface area contributed by atoms with Crippen LogP contribution in [0, 0.1) is 9.62 Å². The van der Waals surface area contributed by atoms with Crippen LogP contribution in [0.4, 0.5) is 0 Å². The van der Waals surface area contributed by atoms with E-state index in [9.17, 15) is 0 Å². The zero-order valence-corrected chi connectivity index (χ0v) is 9.86. The van der Waals surface area contributed by atoms with Crippen molar-refractivity contribution in [3.63, 3.8) is 0 Å². The number of hydrogen-bond acceptors (Lipinski definition) is 2. The zero-order valence-electron chi connectivity index (χ0n) is 7.70. The highest BCUT2D eigenvalue weighted by molar-refractivity contribution is 14.1. The summed E-state index contributed by atoms with van der Waals surface area (Å²) in [6.07, 6.45) is 5.76. The van der Waals surface area contributed by atoms with Crippen molar-refractivity contribution in [1.29, 1.82) is 0 Å². The first-order valence-electron chi connectivity index (χ1n) is 4.61. The van der Waals surface area contributed by atoms with Gasteiger partial charge in [-0.25, -0.2) is 0 Å². The Hall–Kier alpha value is -0.100. The van der Waals surface area contributed by atoms with Crippen molar-refractivity contribution in [1.82, 2.24) is 9.78 Å². The summed E-state index contributed by atoms with van der Waals surface area (Å²) in [6, 6.07) is 0.188. The maximum atomic E-state index is 6.09. The summed E-state index contributed by atoms with van der Waals surface area (Å²) in [5.41, 5.74) is 7.30. The Bertz CT molecular complexity index is 304. The van der Waals surface area contributed by atoms with Crippen molar-refractivity contribution in [2.45, 2.75) is 25.3 Å². The summed E-state index contributed by atoms with van der Waals surface area (Å²) in [5, 5.41) is 4.19. The lowest BCUT2D eigenvalue weighted by atomic mass is 10.1. The van der Waals surface area contributed by atoms with Crippen molar-refractivity contribution < 1.29 is 0 Å². The number of hydrogen-bond donors (Lipinski definition) is 1. The minimum Gasteiger partial charge on any atom is -0.324 e. The highest BCUT2D eigenvalue weighted by atomic mass is 127. The summed E-state index contributed by atoms with van der Waals surface area (Å²) < 4.78 is 3.05. The average Bonchev–Trinajstić information content (AvgIpc) is 2.82. The van der Waals surface area contributed by atoms with Gasteiger partial charge in [-0.05, 0) is 34.9 Å². The fourth-order valence-corrected chi connectivity index (χ4v) is 2.19. The molecule has 2 rings (SSSR count). The quantitative estimate of drug-likeness (QED) is 0.863. The molecule has 0 saturated heterocycles. The summed E-state index contributed by atoms with van der Waals surface area (Å²) in [5.74, 6) is 0.881. The average molecular weight is 291 g/mol. The molecule has 1 atom stereocenters. The number of rotatable bonds is 3. The first-order chi connectivity index (χ1) is 6.18. The van der Waals surface area contributed by atoms with Crippen LogP contribution >= 0.6 is 22.6 Å². The Morgan fingerprint density at radius 1 is 1.77 bits per heavy atom. The number of nitrogens with two attached hydrogens (primary N) is 1. The molecule has 1 unspecified atom stereocenters. The van der Waals surface area contributed by atoms with Crippen LogP contribution in [0.5, 0.6) is 0 Å². The fraction of sp³-hybridized carbons (Fsp3) is 0.667. The third-order valence-corrected chi connectivity index (χ3v) is 3.90. The van der Waals surface area contributed by atoms with Crippen molar-refractivity contribution in [2.75, 3.05) is 0 Å². The molecule has 0 aliphatic heterocycles. The van der Waals surface area contributed by atoms with Gasteiger partial charge >= 0.3 is 0 Å². The molecule has 0 bridgehead atoms. The first kappa shape index (κ1) is 9.45. The van der Waals surface area contributed by atoms with Gasteiger partial charge in [-0.2, -0.15) is 5.10 Å². The smallest absolute Gasteiger partial charge is 0.103 e. The standard InChI is InChI=1S/C9H14IN3/c1-13-9(10)7(5-12-13)8(11)4-6-2-3-6/h5-6,8H,2-4,11H2,1H3. The molecule has 1 aliphatic carbocycles. The predicted octanol–water partition coefficient (Wildman–Crippen LogP) is 1.82. The van der Waals surface area contributed by atoms with Gasteiger partial charge in [-0.3, -0.25) is 4.68 Å². The van der Waals surface area contributed by atoms with Gasteiger partial charge in [0.15, 0.2) is 0 Å². The summed E-state index contributed by atoms with van der Waals surface area (Å²) in [7, 11) is 1.95. The van der Waals surface area contributed by atoms with Gasteiger partial charge < -0.3 is 5.73 Å². The number of nitrogens with zero attached hydrogens (tertiary/aromatic N) is 2. The van der Waals surface area contributed by atoms with E-state index in [0.717, 1.165) is 12.3 Å². The van der Waals surface area contributed by atoms with Crippen LogP contribution in [-0.4, -0.2) is 9.78 Å². The van der Waals surface area contributed by atoms with Gasteiger partial charge in [0.2, 0.25) is 0 Å². The molecule has 1 fully saturated rings. The van der Waals surface area contributed by atoms with E-state index in [2.05, 4.69) is 27.7 Å². The molecule has 1 aliphatic rings. The molecule has 0 radical (unpaired) electrons. The lowest BCUT2D eigenvalue weighted by Gasteiger charge is -2.08. The van der Waals surface area contributed by atoms with Gasteiger partial charge in [-0.1, -0.05) is 12.8 Å². The maximum absolute atomic E-state index is 6.09. The molecule has 1 heterocycles. The summed E-state index contributed by atoms with van der Waals surface area (Å²) in [6.45, 7) is 0. The molecule has 0 amide bonds. The molecule has 4 heteroatoms. The SMILES string of the molecule is Cn1ncc(C(N)CC2CC2)c1I. The lowest BCUT2D eigenvalue weighted by Crippen LogP contribution is -2.12. The molecular weight excluding hydrogens is 277 g/mol. The Morgan fingerprint density at radius 3 is 2.92 bits per heavy atom. The van der Waals surface area contributed by atoms with Crippen molar-refractivity contribution >= 4 is 22.6 Å². The van der Waals surface area contributed by atoms with Crippen LogP contribution < -0.4 is 5.73 Å². The van der Waals surface area contributed by atoms with E-state index >= 15 is 0 Å². The van der Waals surface area contributed by atoms with Crippen molar-refractivity contribution in [3.8, 4) is 0 Å². The zero-order chi connectivity index (χ0) is 9.42. The molecule has 2 N–H and O–H groups in total. The minimum absolute atomic E-state index is 0.188. The molecular formula is C9H14IN3. The number of aromatic nitrogens is 2. The Balaban J connectivity index is 2.09. The van der Waals surface area contributed by atoms with E-state index in [1.54, 1.807) is 0 Å².